The number of hydrogen-bond acceptors (Lipinski definition) is 5. The lowest BCUT2D eigenvalue weighted by Crippen LogP contribution is -2.40. The molecule has 0 N–H and O–H groups in total. The standard InChI is InChI=1S/C10H15NO5/c1-2-16-10(13)9(11(14)15)7-4-3-5-8(12)6-7/h7,9H,2-6H2,1H3/t7-,9+/m0/s1. The number of esters is 1. The zero-order valence-electron chi connectivity index (χ0n) is 9.18. The fourth-order valence-corrected chi connectivity index (χ4v) is 2.01. The van der Waals surface area contributed by atoms with Gasteiger partial charge in [0, 0.05) is 23.7 Å². The Hall–Kier alpha value is -1.46. The third-order valence-electron chi connectivity index (χ3n) is 2.72. The maximum atomic E-state index is 11.4. The number of ketones is 1. The van der Waals surface area contributed by atoms with Crippen LogP contribution in [0.25, 0.3) is 0 Å². The highest BCUT2D eigenvalue weighted by Crippen LogP contribution is 2.26. The Bertz CT molecular complexity index is 302. The first-order valence-corrected chi connectivity index (χ1v) is 5.38. The summed E-state index contributed by atoms with van der Waals surface area (Å²) in [7, 11) is 0. The van der Waals surface area contributed by atoms with Crippen molar-refractivity contribution in [2.75, 3.05) is 6.61 Å². The second kappa shape index (κ2) is 5.58. The molecule has 0 aromatic heterocycles. The average molecular weight is 229 g/mol. The summed E-state index contributed by atoms with van der Waals surface area (Å²) >= 11 is 0. The molecular weight excluding hydrogens is 214 g/mol. The van der Waals surface area contributed by atoms with Crippen molar-refractivity contribution < 1.29 is 19.2 Å². The van der Waals surface area contributed by atoms with Gasteiger partial charge in [-0.2, -0.15) is 0 Å². The molecule has 2 atom stereocenters. The largest absolute Gasteiger partial charge is 0.461 e. The monoisotopic (exact) mass is 229 g/mol. The van der Waals surface area contributed by atoms with Crippen molar-refractivity contribution in [2.24, 2.45) is 5.92 Å². The van der Waals surface area contributed by atoms with Crippen molar-refractivity contribution in [3.63, 3.8) is 0 Å². The lowest BCUT2D eigenvalue weighted by molar-refractivity contribution is -0.520. The van der Waals surface area contributed by atoms with Crippen LogP contribution in [0.4, 0.5) is 0 Å². The van der Waals surface area contributed by atoms with Gasteiger partial charge < -0.3 is 4.74 Å². The van der Waals surface area contributed by atoms with Crippen LogP contribution in [0.15, 0.2) is 0 Å². The Balaban J connectivity index is 2.72. The lowest BCUT2D eigenvalue weighted by atomic mass is 9.83. The molecule has 0 saturated heterocycles. The van der Waals surface area contributed by atoms with Crippen molar-refractivity contribution in [3.8, 4) is 0 Å². The van der Waals surface area contributed by atoms with Crippen LogP contribution in [0.1, 0.15) is 32.6 Å². The molecule has 16 heavy (non-hydrogen) atoms. The highest BCUT2D eigenvalue weighted by atomic mass is 16.6. The second-order valence-corrected chi connectivity index (χ2v) is 3.88. The predicted octanol–water partition coefficient (Wildman–Crippen LogP) is 0.954. The maximum absolute atomic E-state index is 11.4. The van der Waals surface area contributed by atoms with Crippen LogP contribution in [0.2, 0.25) is 0 Å². The molecule has 0 aromatic carbocycles. The molecule has 0 bridgehead atoms. The summed E-state index contributed by atoms with van der Waals surface area (Å²) in [6, 6.07) is -1.39. The molecule has 1 rings (SSSR count). The Morgan fingerprint density at radius 3 is 2.88 bits per heavy atom. The van der Waals surface area contributed by atoms with Crippen LogP contribution >= 0.6 is 0 Å². The molecule has 90 valence electrons. The Labute approximate surface area is 93.1 Å². The molecule has 0 radical (unpaired) electrons. The number of nitrogens with zero attached hydrogens (tertiary/aromatic N) is 1. The summed E-state index contributed by atoms with van der Waals surface area (Å²) in [6.45, 7) is 1.71. The van der Waals surface area contributed by atoms with Gasteiger partial charge in [0.25, 0.3) is 0 Å². The highest BCUT2D eigenvalue weighted by Gasteiger charge is 2.42. The number of hydrogen-bond donors (Lipinski definition) is 0. The number of nitro groups is 1. The van der Waals surface area contributed by atoms with Crippen LogP contribution < -0.4 is 0 Å². The number of rotatable bonds is 4. The third-order valence-corrected chi connectivity index (χ3v) is 2.72. The molecule has 1 saturated carbocycles. The van der Waals surface area contributed by atoms with Crippen LogP contribution in [0, 0.1) is 16.0 Å². The number of Topliss-reactive ketones (excluding diaryl/α,β-unsaturated/α-hetero) is 1. The summed E-state index contributed by atoms with van der Waals surface area (Å²) in [5.41, 5.74) is 0. The molecule has 1 aliphatic rings. The summed E-state index contributed by atoms with van der Waals surface area (Å²) in [5.74, 6) is -1.34. The molecule has 1 fully saturated rings. The van der Waals surface area contributed by atoms with Gasteiger partial charge in [-0.15, -0.1) is 0 Å². The minimum atomic E-state index is -1.39. The Morgan fingerprint density at radius 1 is 1.69 bits per heavy atom. The fourth-order valence-electron chi connectivity index (χ4n) is 2.01. The third kappa shape index (κ3) is 3.01. The average Bonchev–Trinajstić information content (AvgIpc) is 2.17. The zero-order valence-corrected chi connectivity index (χ0v) is 9.18. The van der Waals surface area contributed by atoms with Gasteiger partial charge in [-0.3, -0.25) is 14.9 Å². The number of ether oxygens (including phenoxy) is 1. The van der Waals surface area contributed by atoms with E-state index in [0.717, 1.165) is 0 Å². The van der Waals surface area contributed by atoms with E-state index in [1.54, 1.807) is 6.92 Å². The summed E-state index contributed by atoms with van der Waals surface area (Å²) in [5, 5.41) is 10.8. The van der Waals surface area contributed by atoms with Gasteiger partial charge in [0.05, 0.1) is 6.61 Å². The van der Waals surface area contributed by atoms with Gasteiger partial charge in [0.15, 0.2) is 0 Å². The molecule has 0 aliphatic heterocycles. The second-order valence-electron chi connectivity index (χ2n) is 3.88. The van der Waals surface area contributed by atoms with E-state index in [1.165, 1.54) is 0 Å². The van der Waals surface area contributed by atoms with E-state index < -0.39 is 22.9 Å². The van der Waals surface area contributed by atoms with Crippen LogP contribution in [0.3, 0.4) is 0 Å². The van der Waals surface area contributed by atoms with Gasteiger partial charge >= 0.3 is 12.0 Å². The van der Waals surface area contributed by atoms with Crippen LogP contribution in [-0.2, 0) is 14.3 Å². The van der Waals surface area contributed by atoms with Gasteiger partial charge in [0.1, 0.15) is 5.78 Å². The first-order valence-electron chi connectivity index (χ1n) is 5.38. The molecule has 1 aliphatic carbocycles. The van der Waals surface area contributed by atoms with E-state index in [9.17, 15) is 19.7 Å². The maximum Gasteiger partial charge on any atom is 0.381 e. The van der Waals surface area contributed by atoms with E-state index in [0.29, 0.717) is 19.3 Å². The number of carbonyl (C=O) groups excluding carboxylic acids is 2. The normalized spacial score (nSPS) is 22.6. The van der Waals surface area contributed by atoms with Gasteiger partial charge in [-0.25, -0.2) is 4.79 Å². The molecule has 0 unspecified atom stereocenters. The molecular formula is C10H15NO5. The van der Waals surface area contributed by atoms with Gasteiger partial charge in [-0.1, -0.05) is 0 Å². The van der Waals surface area contributed by atoms with E-state index in [4.69, 9.17) is 0 Å². The predicted molar refractivity (Wildman–Crippen MR) is 54.4 cm³/mol. The van der Waals surface area contributed by atoms with Crippen LogP contribution in [-0.4, -0.2) is 29.3 Å². The van der Waals surface area contributed by atoms with Crippen molar-refractivity contribution in [3.05, 3.63) is 10.1 Å². The SMILES string of the molecule is CCOC(=O)[C@@H]([C@H]1CCCC(=O)C1)[N+](=O)[O-]. The zero-order chi connectivity index (χ0) is 12.1. The Morgan fingerprint density at radius 2 is 2.38 bits per heavy atom. The molecule has 6 heteroatoms. The molecule has 0 heterocycles. The topological polar surface area (TPSA) is 86.5 Å². The molecule has 0 spiro atoms. The van der Waals surface area contributed by atoms with Gasteiger partial charge in [0.2, 0.25) is 0 Å². The van der Waals surface area contributed by atoms with Crippen molar-refractivity contribution >= 4 is 11.8 Å². The van der Waals surface area contributed by atoms with E-state index in [1.807, 2.05) is 0 Å². The quantitative estimate of drug-likeness (QED) is 0.407. The van der Waals surface area contributed by atoms with Crippen molar-refractivity contribution in [1.29, 1.82) is 0 Å². The molecule has 0 amide bonds. The van der Waals surface area contributed by atoms with E-state index in [-0.39, 0.29) is 18.8 Å². The van der Waals surface area contributed by atoms with E-state index in [2.05, 4.69) is 4.74 Å². The minimum Gasteiger partial charge on any atom is -0.461 e. The first kappa shape index (κ1) is 12.6. The van der Waals surface area contributed by atoms with Crippen molar-refractivity contribution in [1.82, 2.24) is 0 Å². The smallest absolute Gasteiger partial charge is 0.381 e. The molecule has 6 nitrogen and oxygen atoms in total. The van der Waals surface area contributed by atoms with Crippen molar-refractivity contribution in [2.45, 2.75) is 38.6 Å². The lowest BCUT2D eigenvalue weighted by Gasteiger charge is -2.22. The highest BCUT2D eigenvalue weighted by molar-refractivity contribution is 5.81. The van der Waals surface area contributed by atoms with Crippen LogP contribution in [0.5, 0.6) is 0 Å². The minimum absolute atomic E-state index is 0.00704. The summed E-state index contributed by atoms with van der Waals surface area (Å²) in [4.78, 5) is 32.8. The number of carbonyl (C=O) groups is 2. The summed E-state index contributed by atoms with van der Waals surface area (Å²) < 4.78 is 4.66. The fraction of sp³-hybridized carbons (Fsp3) is 0.800. The molecule has 0 aromatic rings. The van der Waals surface area contributed by atoms with E-state index >= 15 is 0 Å². The summed E-state index contributed by atoms with van der Waals surface area (Å²) in [6.07, 6.45) is 1.73. The van der Waals surface area contributed by atoms with Gasteiger partial charge in [-0.05, 0) is 19.8 Å². The first-order chi connectivity index (χ1) is 7.56. The Kier molecular flexibility index (Phi) is 4.39.